The van der Waals surface area contributed by atoms with Crippen LogP contribution in [0.1, 0.15) is 11.1 Å². The van der Waals surface area contributed by atoms with Crippen molar-refractivity contribution in [1.29, 1.82) is 0 Å². The molecule has 4 N–H and O–H groups in total. The summed E-state index contributed by atoms with van der Waals surface area (Å²) in [4.78, 5) is 22.5. The lowest BCUT2D eigenvalue weighted by Crippen LogP contribution is -2.25. The molecule has 0 unspecified atom stereocenters. The normalized spacial score (nSPS) is 10.0. The molecule has 0 aliphatic rings. The van der Waals surface area contributed by atoms with Crippen molar-refractivity contribution in [2.24, 2.45) is 5.73 Å². The van der Waals surface area contributed by atoms with Gasteiger partial charge in [-0.05, 0) is 29.3 Å². The van der Waals surface area contributed by atoms with Gasteiger partial charge < -0.3 is 16.4 Å². The zero-order chi connectivity index (χ0) is 15.9. The summed E-state index contributed by atoms with van der Waals surface area (Å²) < 4.78 is 13.4. The number of benzene rings is 2. The molecular formula is C16H16FN3O2. The van der Waals surface area contributed by atoms with E-state index in [1.54, 1.807) is 42.5 Å². The molecule has 0 spiro atoms. The van der Waals surface area contributed by atoms with Gasteiger partial charge in [-0.2, -0.15) is 0 Å². The first-order valence-corrected chi connectivity index (χ1v) is 6.70. The van der Waals surface area contributed by atoms with Crippen molar-refractivity contribution in [3.05, 3.63) is 65.5 Å². The van der Waals surface area contributed by atoms with Crippen molar-refractivity contribution in [3.8, 4) is 0 Å². The first-order valence-electron chi connectivity index (χ1n) is 6.70. The third-order valence-electron chi connectivity index (χ3n) is 3.02. The van der Waals surface area contributed by atoms with Crippen molar-refractivity contribution in [2.75, 3.05) is 5.32 Å². The number of amides is 3. The maximum atomic E-state index is 13.4. The highest BCUT2D eigenvalue weighted by Gasteiger charge is 2.07. The molecule has 0 bridgehead atoms. The summed E-state index contributed by atoms with van der Waals surface area (Å²) in [6.45, 7) is 0.324. The van der Waals surface area contributed by atoms with Crippen molar-refractivity contribution in [1.82, 2.24) is 5.32 Å². The van der Waals surface area contributed by atoms with Crippen molar-refractivity contribution in [3.63, 3.8) is 0 Å². The Morgan fingerprint density at radius 3 is 2.36 bits per heavy atom. The van der Waals surface area contributed by atoms with Gasteiger partial charge in [-0.15, -0.1) is 0 Å². The van der Waals surface area contributed by atoms with E-state index in [1.807, 2.05) is 0 Å². The number of halogens is 1. The predicted octanol–water partition coefficient (Wildman–Crippen LogP) is 2.18. The lowest BCUT2D eigenvalue weighted by Gasteiger charge is -2.07. The van der Waals surface area contributed by atoms with Gasteiger partial charge in [0.15, 0.2) is 0 Å². The van der Waals surface area contributed by atoms with Crippen LogP contribution in [0.25, 0.3) is 0 Å². The molecule has 0 fully saturated rings. The Morgan fingerprint density at radius 1 is 1.05 bits per heavy atom. The van der Waals surface area contributed by atoms with Gasteiger partial charge in [0, 0.05) is 12.2 Å². The number of rotatable bonds is 5. The monoisotopic (exact) mass is 301 g/mol. The van der Waals surface area contributed by atoms with E-state index >= 15 is 0 Å². The minimum atomic E-state index is -0.633. The van der Waals surface area contributed by atoms with Gasteiger partial charge in [0.1, 0.15) is 5.82 Å². The Kier molecular flexibility index (Phi) is 5.08. The van der Waals surface area contributed by atoms with Gasteiger partial charge in [-0.3, -0.25) is 4.79 Å². The van der Waals surface area contributed by atoms with E-state index in [4.69, 9.17) is 5.73 Å². The highest BCUT2D eigenvalue weighted by Crippen LogP contribution is 2.10. The van der Waals surface area contributed by atoms with Crippen LogP contribution in [-0.2, 0) is 17.8 Å². The minimum Gasteiger partial charge on any atom is -0.352 e. The van der Waals surface area contributed by atoms with E-state index in [0.717, 1.165) is 5.56 Å². The van der Waals surface area contributed by atoms with Crippen LogP contribution < -0.4 is 16.4 Å². The third kappa shape index (κ3) is 4.59. The molecule has 2 aromatic carbocycles. The van der Waals surface area contributed by atoms with E-state index in [0.29, 0.717) is 17.8 Å². The maximum Gasteiger partial charge on any atom is 0.316 e. The second-order valence-electron chi connectivity index (χ2n) is 4.73. The molecule has 0 radical (unpaired) electrons. The number of carbonyl (C=O) groups is 2. The van der Waals surface area contributed by atoms with Gasteiger partial charge in [-0.25, -0.2) is 9.18 Å². The summed E-state index contributed by atoms with van der Waals surface area (Å²) in [6.07, 6.45) is -0.00596. The van der Waals surface area contributed by atoms with Crippen molar-refractivity contribution < 1.29 is 14.0 Å². The Labute approximate surface area is 127 Å². The van der Waals surface area contributed by atoms with E-state index in [2.05, 4.69) is 10.6 Å². The van der Waals surface area contributed by atoms with Crippen LogP contribution in [0.2, 0.25) is 0 Å². The van der Waals surface area contributed by atoms with E-state index in [-0.39, 0.29) is 18.1 Å². The smallest absolute Gasteiger partial charge is 0.316 e. The highest BCUT2D eigenvalue weighted by molar-refractivity contribution is 5.87. The molecular weight excluding hydrogens is 285 g/mol. The fourth-order valence-electron chi connectivity index (χ4n) is 1.93. The number of nitrogens with two attached hydrogens (primary N) is 1. The second kappa shape index (κ2) is 7.21. The van der Waals surface area contributed by atoms with Gasteiger partial charge >= 0.3 is 6.03 Å². The third-order valence-corrected chi connectivity index (χ3v) is 3.02. The Hall–Kier alpha value is -2.89. The second-order valence-corrected chi connectivity index (χ2v) is 4.73. The number of anilines is 1. The first kappa shape index (κ1) is 15.5. The fourth-order valence-corrected chi connectivity index (χ4v) is 1.93. The Balaban J connectivity index is 1.86. The van der Waals surface area contributed by atoms with E-state index in [9.17, 15) is 14.0 Å². The van der Waals surface area contributed by atoms with Gasteiger partial charge in [0.25, 0.3) is 0 Å². The summed E-state index contributed by atoms with van der Waals surface area (Å²) in [5, 5.41) is 5.16. The summed E-state index contributed by atoms with van der Waals surface area (Å²) in [7, 11) is 0. The predicted molar refractivity (Wildman–Crippen MR) is 81.6 cm³/mol. The molecule has 0 aliphatic heterocycles. The molecule has 22 heavy (non-hydrogen) atoms. The topological polar surface area (TPSA) is 84.2 Å². The maximum absolute atomic E-state index is 13.4. The lowest BCUT2D eigenvalue weighted by molar-refractivity contribution is -0.120. The van der Waals surface area contributed by atoms with Crippen LogP contribution in [0.3, 0.4) is 0 Å². The van der Waals surface area contributed by atoms with Gasteiger partial charge in [0.2, 0.25) is 5.91 Å². The van der Waals surface area contributed by atoms with Crippen LogP contribution in [0.15, 0.2) is 48.5 Å². The zero-order valence-electron chi connectivity index (χ0n) is 11.8. The van der Waals surface area contributed by atoms with Crippen molar-refractivity contribution in [2.45, 2.75) is 13.0 Å². The number of nitrogens with one attached hydrogen (secondary N) is 2. The average Bonchev–Trinajstić information content (AvgIpc) is 2.48. The zero-order valence-corrected chi connectivity index (χ0v) is 11.8. The molecule has 3 amide bonds. The number of urea groups is 1. The van der Waals surface area contributed by atoms with Crippen LogP contribution >= 0.6 is 0 Å². The summed E-state index contributed by atoms with van der Waals surface area (Å²) in [5.41, 5.74) is 6.81. The summed E-state index contributed by atoms with van der Waals surface area (Å²) in [5.74, 6) is -0.649. The van der Waals surface area contributed by atoms with Crippen LogP contribution in [0, 0.1) is 5.82 Å². The van der Waals surface area contributed by atoms with Crippen LogP contribution in [0.4, 0.5) is 14.9 Å². The molecule has 0 heterocycles. The largest absolute Gasteiger partial charge is 0.352 e. The van der Waals surface area contributed by atoms with Gasteiger partial charge in [-0.1, -0.05) is 30.3 Å². The number of hydrogen-bond acceptors (Lipinski definition) is 2. The number of primary amides is 1. The molecule has 0 atom stereocenters. The average molecular weight is 301 g/mol. The number of hydrogen-bond donors (Lipinski definition) is 3. The minimum absolute atomic E-state index is 0.00596. The molecule has 6 heteroatoms. The SMILES string of the molecule is NC(=O)Nc1ccc(CNC(=O)Cc2ccccc2F)cc1. The van der Waals surface area contributed by atoms with E-state index in [1.165, 1.54) is 6.07 Å². The van der Waals surface area contributed by atoms with Gasteiger partial charge in [0.05, 0.1) is 6.42 Å². The van der Waals surface area contributed by atoms with Crippen LogP contribution in [-0.4, -0.2) is 11.9 Å². The highest BCUT2D eigenvalue weighted by atomic mass is 19.1. The lowest BCUT2D eigenvalue weighted by atomic mass is 10.1. The fraction of sp³-hybridized carbons (Fsp3) is 0.125. The first-order chi connectivity index (χ1) is 10.5. The molecule has 0 aliphatic carbocycles. The standard InChI is InChI=1S/C16H16FN3O2/c17-14-4-2-1-3-12(14)9-15(21)19-10-11-5-7-13(8-6-11)20-16(18)22/h1-8H,9-10H2,(H,19,21)(H3,18,20,22). The summed E-state index contributed by atoms with van der Waals surface area (Å²) in [6, 6.07) is 12.4. The quantitative estimate of drug-likeness (QED) is 0.790. The molecule has 5 nitrogen and oxygen atoms in total. The molecule has 2 aromatic rings. The number of carbonyl (C=O) groups excluding carboxylic acids is 2. The molecule has 114 valence electrons. The Bertz CT molecular complexity index is 671. The van der Waals surface area contributed by atoms with E-state index < -0.39 is 6.03 Å². The Morgan fingerprint density at radius 2 is 1.73 bits per heavy atom. The molecule has 0 aromatic heterocycles. The molecule has 0 saturated heterocycles. The van der Waals surface area contributed by atoms with Crippen LogP contribution in [0.5, 0.6) is 0 Å². The van der Waals surface area contributed by atoms with Crippen molar-refractivity contribution >= 4 is 17.6 Å². The summed E-state index contributed by atoms with van der Waals surface area (Å²) >= 11 is 0. The molecule has 2 rings (SSSR count). The molecule has 0 saturated carbocycles.